The zero-order chi connectivity index (χ0) is 25.2. The molecule has 0 spiro atoms. The van der Waals surface area contributed by atoms with Crippen molar-refractivity contribution >= 4 is 22.3 Å². The molecule has 1 aromatic carbocycles. The van der Waals surface area contributed by atoms with Crippen molar-refractivity contribution in [2.24, 2.45) is 13.0 Å². The molecule has 6 heteroatoms. The molecule has 6 nitrogen and oxygen atoms in total. The van der Waals surface area contributed by atoms with E-state index in [2.05, 4.69) is 83.0 Å². The maximum absolute atomic E-state index is 4.66. The topological polar surface area (TPSA) is 58.9 Å². The number of hydrogen-bond donors (Lipinski definition) is 1. The van der Waals surface area contributed by atoms with Gasteiger partial charge in [-0.2, -0.15) is 5.10 Å². The van der Waals surface area contributed by atoms with Crippen molar-refractivity contribution in [3.8, 4) is 11.1 Å². The Hall–Kier alpha value is -3.51. The van der Waals surface area contributed by atoms with E-state index in [1.54, 1.807) is 0 Å². The molecule has 1 fully saturated rings. The molecule has 3 aromatic heterocycles. The Bertz CT molecular complexity index is 1380. The summed E-state index contributed by atoms with van der Waals surface area (Å²) < 4.78 is 1.90. The molecule has 1 saturated heterocycles. The summed E-state index contributed by atoms with van der Waals surface area (Å²) in [6.07, 6.45) is 9.24. The Kier molecular flexibility index (Phi) is 6.88. The van der Waals surface area contributed by atoms with E-state index in [4.69, 9.17) is 0 Å². The van der Waals surface area contributed by atoms with E-state index in [-0.39, 0.29) is 0 Å². The second-order valence-corrected chi connectivity index (χ2v) is 10.3. The maximum Gasteiger partial charge on any atom is 0.130 e. The average molecular weight is 481 g/mol. The van der Waals surface area contributed by atoms with Crippen LogP contribution in [0.3, 0.4) is 0 Å². The third kappa shape index (κ3) is 5.19. The highest BCUT2D eigenvalue weighted by molar-refractivity contribution is 5.89. The minimum absolute atomic E-state index is 0.636. The average Bonchev–Trinajstić information content (AvgIpc) is 3.22. The molecule has 0 aliphatic carbocycles. The molecule has 1 aliphatic rings. The molecule has 1 N–H and O–H groups in total. The number of piperidine rings is 1. The van der Waals surface area contributed by atoms with Gasteiger partial charge in [0.2, 0.25) is 0 Å². The molecule has 0 unspecified atom stereocenters. The van der Waals surface area contributed by atoms with Crippen molar-refractivity contribution in [1.82, 2.24) is 24.6 Å². The third-order valence-corrected chi connectivity index (χ3v) is 7.59. The third-order valence-electron chi connectivity index (χ3n) is 7.59. The van der Waals surface area contributed by atoms with Crippen LogP contribution >= 0.6 is 0 Å². The number of aryl methyl sites for hydroxylation is 1. The van der Waals surface area contributed by atoms with Gasteiger partial charge in [-0.1, -0.05) is 18.7 Å². The van der Waals surface area contributed by atoms with Gasteiger partial charge in [0.15, 0.2) is 0 Å². The van der Waals surface area contributed by atoms with Crippen LogP contribution < -0.4 is 5.32 Å². The van der Waals surface area contributed by atoms with Crippen LogP contribution in [0.25, 0.3) is 27.6 Å². The zero-order valence-corrected chi connectivity index (χ0v) is 21.8. The van der Waals surface area contributed by atoms with E-state index in [0.717, 1.165) is 56.8 Å². The highest BCUT2D eigenvalue weighted by Crippen LogP contribution is 2.28. The van der Waals surface area contributed by atoms with Crippen LogP contribution in [-0.2, 0) is 13.5 Å². The summed E-state index contributed by atoms with van der Waals surface area (Å²) in [4.78, 5) is 11.9. The van der Waals surface area contributed by atoms with E-state index in [9.17, 15) is 0 Å². The van der Waals surface area contributed by atoms with Gasteiger partial charge in [-0.25, -0.2) is 4.98 Å². The number of nitrogens with one attached hydrogen (secondary N) is 1. The quantitative estimate of drug-likeness (QED) is 0.347. The van der Waals surface area contributed by atoms with Crippen molar-refractivity contribution in [3.63, 3.8) is 0 Å². The first-order chi connectivity index (χ1) is 17.4. The molecule has 0 saturated carbocycles. The standard InChI is InChI=1S/C30H36N6/c1-20(2)36-12-9-23(10-13-36)14-28-16-24(8-11-31-28)21(3)34-30-17-27-15-25(6-7-26(27)18-32-30)29-19-33-35(5)22(29)4/h6-8,11,15-20,23H,3,9-10,12-14H2,1-2,4-5H3,(H,32,34). The lowest BCUT2D eigenvalue weighted by Crippen LogP contribution is -2.38. The summed E-state index contributed by atoms with van der Waals surface area (Å²) in [5, 5.41) is 10.0. The summed E-state index contributed by atoms with van der Waals surface area (Å²) in [6.45, 7) is 13.3. The first-order valence-electron chi connectivity index (χ1n) is 12.9. The van der Waals surface area contributed by atoms with Crippen LogP contribution in [0.5, 0.6) is 0 Å². The molecule has 4 heterocycles. The Balaban J connectivity index is 1.28. The second-order valence-electron chi connectivity index (χ2n) is 10.3. The molecule has 0 radical (unpaired) electrons. The number of aromatic nitrogens is 4. The Morgan fingerprint density at radius 2 is 1.86 bits per heavy atom. The number of anilines is 1. The van der Waals surface area contributed by atoms with Gasteiger partial charge in [-0.05, 0) is 94.3 Å². The first kappa shape index (κ1) is 24.2. The lowest BCUT2D eigenvalue weighted by Gasteiger charge is -2.34. The normalized spacial score (nSPS) is 15.0. The van der Waals surface area contributed by atoms with Crippen LogP contribution in [0.1, 0.15) is 43.6 Å². The lowest BCUT2D eigenvalue weighted by atomic mass is 9.91. The molecule has 186 valence electrons. The zero-order valence-electron chi connectivity index (χ0n) is 21.8. The summed E-state index contributed by atoms with van der Waals surface area (Å²) >= 11 is 0. The number of pyridine rings is 2. The van der Waals surface area contributed by atoms with Crippen LogP contribution in [-0.4, -0.2) is 43.8 Å². The summed E-state index contributed by atoms with van der Waals surface area (Å²) in [7, 11) is 1.97. The molecule has 0 bridgehead atoms. The van der Waals surface area contributed by atoms with Gasteiger partial charge >= 0.3 is 0 Å². The number of nitrogens with zero attached hydrogens (tertiary/aromatic N) is 5. The van der Waals surface area contributed by atoms with Crippen LogP contribution in [0.4, 0.5) is 5.82 Å². The minimum Gasteiger partial charge on any atom is -0.340 e. The number of rotatable bonds is 7. The smallest absolute Gasteiger partial charge is 0.130 e. The van der Waals surface area contributed by atoms with Gasteiger partial charge in [0.1, 0.15) is 5.82 Å². The molecule has 1 aliphatic heterocycles. The molecule has 0 amide bonds. The monoisotopic (exact) mass is 480 g/mol. The van der Waals surface area contributed by atoms with Crippen molar-refractivity contribution in [3.05, 3.63) is 78.5 Å². The van der Waals surface area contributed by atoms with Crippen molar-refractivity contribution in [2.75, 3.05) is 18.4 Å². The van der Waals surface area contributed by atoms with Gasteiger partial charge in [-0.3, -0.25) is 9.67 Å². The fourth-order valence-corrected chi connectivity index (χ4v) is 5.13. The van der Waals surface area contributed by atoms with E-state index in [0.29, 0.717) is 12.0 Å². The van der Waals surface area contributed by atoms with Gasteiger partial charge in [-0.15, -0.1) is 0 Å². The lowest BCUT2D eigenvalue weighted by molar-refractivity contribution is 0.149. The summed E-state index contributed by atoms with van der Waals surface area (Å²) in [6, 6.07) is 13.4. The van der Waals surface area contributed by atoms with Crippen LogP contribution in [0.15, 0.2) is 61.6 Å². The largest absolute Gasteiger partial charge is 0.340 e. The summed E-state index contributed by atoms with van der Waals surface area (Å²) in [5.74, 6) is 1.48. The number of likely N-dealkylation sites (tertiary alicyclic amines) is 1. The second kappa shape index (κ2) is 10.2. The number of fused-ring (bicyclic) bond motifs is 1. The predicted molar refractivity (Wildman–Crippen MR) is 149 cm³/mol. The Morgan fingerprint density at radius 3 is 2.58 bits per heavy atom. The SMILES string of the molecule is C=C(Nc1cc2cc(-c3cnn(C)c3C)ccc2cn1)c1ccnc(CC2CCN(C(C)C)CC2)c1. The highest BCUT2D eigenvalue weighted by Gasteiger charge is 2.21. The molecule has 36 heavy (non-hydrogen) atoms. The van der Waals surface area contributed by atoms with Gasteiger partial charge in [0, 0.05) is 59.1 Å². The van der Waals surface area contributed by atoms with Crippen molar-refractivity contribution < 1.29 is 0 Å². The van der Waals surface area contributed by atoms with E-state index < -0.39 is 0 Å². The maximum atomic E-state index is 4.66. The Morgan fingerprint density at radius 1 is 1.06 bits per heavy atom. The number of benzene rings is 1. The van der Waals surface area contributed by atoms with E-state index >= 15 is 0 Å². The van der Waals surface area contributed by atoms with E-state index in [1.807, 2.05) is 36.4 Å². The first-order valence-corrected chi connectivity index (χ1v) is 12.9. The molecular weight excluding hydrogens is 444 g/mol. The van der Waals surface area contributed by atoms with Gasteiger partial charge < -0.3 is 10.2 Å². The molecule has 4 aromatic rings. The van der Waals surface area contributed by atoms with Crippen molar-refractivity contribution in [2.45, 2.75) is 46.1 Å². The highest BCUT2D eigenvalue weighted by atomic mass is 15.3. The van der Waals surface area contributed by atoms with E-state index in [1.165, 1.54) is 25.9 Å². The fourth-order valence-electron chi connectivity index (χ4n) is 5.13. The predicted octanol–water partition coefficient (Wildman–Crippen LogP) is 6.08. The molecular formula is C30H36N6. The summed E-state index contributed by atoms with van der Waals surface area (Å²) in [5.41, 5.74) is 6.48. The van der Waals surface area contributed by atoms with Crippen LogP contribution in [0, 0.1) is 12.8 Å². The fraction of sp³-hybridized carbons (Fsp3) is 0.367. The van der Waals surface area contributed by atoms with Crippen LogP contribution in [0.2, 0.25) is 0 Å². The van der Waals surface area contributed by atoms with Gasteiger partial charge in [0.25, 0.3) is 0 Å². The number of hydrogen-bond acceptors (Lipinski definition) is 5. The van der Waals surface area contributed by atoms with Gasteiger partial charge in [0.05, 0.1) is 6.20 Å². The minimum atomic E-state index is 0.636. The van der Waals surface area contributed by atoms with Crippen molar-refractivity contribution in [1.29, 1.82) is 0 Å². The molecule has 5 rings (SSSR count). The Labute approximate surface area is 214 Å². The molecule has 0 atom stereocenters.